The van der Waals surface area contributed by atoms with E-state index in [0.717, 1.165) is 35.2 Å². The fourth-order valence-corrected chi connectivity index (χ4v) is 4.45. The molecule has 4 aromatic heterocycles. The smallest absolute Gasteiger partial charge is 0.266 e. The zero-order valence-corrected chi connectivity index (χ0v) is 17.5. The number of hydrogen-bond acceptors (Lipinski definition) is 6. The monoisotopic (exact) mass is 426 g/mol. The van der Waals surface area contributed by atoms with Gasteiger partial charge in [0.1, 0.15) is 17.7 Å². The Labute approximate surface area is 183 Å². The van der Waals surface area contributed by atoms with E-state index in [1.165, 1.54) is 32.3 Å². The van der Waals surface area contributed by atoms with Gasteiger partial charge in [-0.3, -0.25) is 14.0 Å². The summed E-state index contributed by atoms with van der Waals surface area (Å²) in [5.74, 6) is 0.574. The van der Waals surface area contributed by atoms with Gasteiger partial charge in [-0.25, -0.2) is 9.97 Å². The van der Waals surface area contributed by atoms with Crippen LogP contribution in [0.5, 0.6) is 0 Å². The molecule has 0 spiro atoms. The highest BCUT2D eigenvalue weighted by molar-refractivity contribution is 5.83. The molecule has 0 aliphatic carbocycles. The fraction of sp³-hybridized carbons (Fsp3) is 0.250. The molecule has 0 atom stereocenters. The predicted molar refractivity (Wildman–Crippen MR) is 122 cm³/mol. The first-order chi connectivity index (χ1) is 15.8. The summed E-state index contributed by atoms with van der Waals surface area (Å²) in [7, 11) is 0. The molecule has 160 valence electrons. The lowest BCUT2D eigenvalue weighted by atomic mass is 10.2. The van der Waals surface area contributed by atoms with Crippen LogP contribution in [0.15, 0.2) is 70.7 Å². The van der Waals surface area contributed by atoms with Crippen molar-refractivity contribution in [1.82, 2.24) is 29.2 Å². The van der Waals surface area contributed by atoms with Crippen LogP contribution in [-0.4, -0.2) is 48.8 Å². The Bertz CT molecular complexity index is 1460. The van der Waals surface area contributed by atoms with Crippen molar-refractivity contribution in [2.45, 2.75) is 19.4 Å². The topological polar surface area (TPSA) is 82.0 Å². The van der Waals surface area contributed by atoms with Gasteiger partial charge in [0.25, 0.3) is 5.56 Å². The maximum absolute atomic E-state index is 13.2. The van der Waals surface area contributed by atoms with Crippen molar-refractivity contribution in [2.75, 3.05) is 19.6 Å². The summed E-state index contributed by atoms with van der Waals surface area (Å²) in [4.78, 5) is 23.7. The molecule has 0 radical (unpaired) electrons. The number of furan rings is 1. The van der Waals surface area contributed by atoms with Crippen LogP contribution >= 0.6 is 0 Å². The van der Waals surface area contributed by atoms with Crippen LogP contribution in [0.1, 0.15) is 12.8 Å². The maximum Gasteiger partial charge on any atom is 0.266 e. The first kappa shape index (κ1) is 18.9. The average molecular weight is 426 g/mol. The molecule has 8 heteroatoms. The summed E-state index contributed by atoms with van der Waals surface area (Å²) in [6, 6.07) is 9.58. The minimum atomic E-state index is -0.130. The summed E-state index contributed by atoms with van der Waals surface area (Å²) in [6.45, 7) is 4.25. The summed E-state index contributed by atoms with van der Waals surface area (Å²) in [6.07, 6.45) is 11.0. The molecular weight excluding hydrogens is 404 g/mol. The summed E-state index contributed by atoms with van der Waals surface area (Å²) < 4.78 is 9.55. The molecule has 0 saturated carbocycles. The zero-order valence-electron chi connectivity index (χ0n) is 17.5. The minimum Gasteiger partial charge on any atom is -0.456 e. The molecule has 1 fully saturated rings. The number of nitrogens with zero attached hydrogens (tertiary/aromatic N) is 6. The fourth-order valence-electron chi connectivity index (χ4n) is 4.45. The van der Waals surface area contributed by atoms with E-state index in [1.807, 2.05) is 35.1 Å². The van der Waals surface area contributed by atoms with E-state index in [0.29, 0.717) is 16.7 Å². The van der Waals surface area contributed by atoms with Crippen molar-refractivity contribution in [3.63, 3.8) is 0 Å². The van der Waals surface area contributed by atoms with Crippen LogP contribution in [-0.2, 0) is 6.54 Å². The number of aromatic nitrogens is 5. The summed E-state index contributed by atoms with van der Waals surface area (Å²) >= 11 is 0. The average Bonchev–Trinajstić information content (AvgIpc) is 3.58. The maximum atomic E-state index is 13.2. The molecule has 6 rings (SSSR count). The van der Waals surface area contributed by atoms with Crippen LogP contribution in [0.4, 0.5) is 0 Å². The Morgan fingerprint density at radius 1 is 0.969 bits per heavy atom. The lowest BCUT2D eigenvalue weighted by Crippen LogP contribution is -2.24. The van der Waals surface area contributed by atoms with Crippen molar-refractivity contribution in [3.8, 4) is 17.0 Å². The van der Waals surface area contributed by atoms with Crippen molar-refractivity contribution in [2.24, 2.45) is 0 Å². The Hall–Kier alpha value is -3.78. The van der Waals surface area contributed by atoms with Gasteiger partial charge in [-0.2, -0.15) is 5.10 Å². The standard InChI is InChI=1S/C24H22N6O2/c31-24-20-12-23(18-13-25-16-26-14-18)32-22(20)5-8-29(24)19-3-4-21-17(11-19)15-27-30(21)10-9-28-6-1-2-7-28/h3-5,8,11-16H,1-2,6-7,9-10H2. The van der Waals surface area contributed by atoms with Crippen LogP contribution in [0, 0.1) is 0 Å². The highest BCUT2D eigenvalue weighted by atomic mass is 16.3. The number of pyridine rings is 1. The van der Waals surface area contributed by atoms with E-state index in [1.54, 1.807) is 29.2 Å². The second kappa shape index (κ2) is 7.72. The number of benzene rings is 1. The van der Waals surface area contributed by atoms with Crippen LogP contribution in [0.2, 0.25) is 0 Å². The van der Waals surface area contributed by atoms with Crippen LogP contribution < -0.4 is 5.56 Å². The summed E-state index contributed by atoms with van der Waals surface area (Å²) in [5.41, 5.74) is 3.03. The number of hydrogen-bond donors (Lipinski definition) is 0. The second-order valence-corrected chi connectivity index (χ2v) is 8.17. The molecule has 0 amide bonds. The van der Waals surface area contributed by atoms with Gasteiger partial charge >= 0.3 is 0 Å². The molecule has 1 aliphatic rings. The van der Waals surface area contributed by atoms with E-state index in [4.69, 9.17) is 4.42 Å². The lowest BCUT2D eigenvalue weighted by Gasteiger charge is -2.14. The molecule has 32 heavy (non-hydrogen) atoms. The Morgan fingerprint density at radius 3 is 2.66 bits per heavy atom. The normalized spacial score (nSPS) is 14.6. The Balaban J connectivity index is 1.33. The lowest BCUT2D eigenvalue weighted by molar-refractivity contribution is 0.318. The van der Waals surface area contributed by atoms with E-state index < -0.39 is 0 Å². The minimum absolute atomic E-state index is 0.130. The molecule has 0 bridgehead atoms. The summed E-state index contributed by atoms with van der Waals surface area (Å²) in [5, 5.41) is 6.12. The predicted octanol–water partition coefficient (Wildman–Crippen LogP) is 3.49. The number of fused-ring (bicyclic) bond motifs is 2. The Morgan fingerprint density at radius 2 is 1.81 bits per heavy atom. The van der Waals surface area contributed by atoms with E-state index in [9.17, 15) is 4.79 Å². The third-order valence-corrected chi connectivity index (χ3v) is 6.16. The molecule has 5 heterocycles. The molecule has 1 saturated heterocycles. The van der Waals surface area contributed by atoms with Gasteiger partial charge in [0, 0.05) is 36.2 Å². The van der Waals surface area contributed by atoms with Gasteiger partial charge in [0.15, 0.2) is 0 Å². The van der Waals surface area contributed by atoms with Gasteiger partial charge in [0.05, 0.1) is 29.2 Å². The third-order valence-electron chi connectivity index (χ3n) is 6.16. The molecule has 1 aliphatic heterocycles. The van der Waals surface area contributed by atoms with Crippen LogP contribution in [0.3, 0.4) is 0 Å². The van der Waals surface area contributed by atoms with E-state index in [2.05, 4.69) is 20.0 Å². The largest absolute Gasteiger partial charge is 0.456 e. The molecule has 0 N–H and O–H groups in total. The SMILES string of the molecule is O=c1c2cc(-c3cncnc3)oc2ccn1-c1ccc2c(cnn2CCN2CCCC2)c1. The molecule has 0 unspecified atom stereocenters. The van der Waals surface area contributed by atoms with Crippen LogP contribution in [0.25, 0.3) is 38.9 Å². The first-order valence-electron chi connectivity index (χ1n) is 10.9. The van der Waals surface area contributed by atoms with Crippen molar-refractivity contribution < 1.29 is 4.42 Å². The molecular formula is C24H22N6O2. The van der Waals surface area contributed by atoms with Gasteiger partial charge < -0.3 is 9.32 Å². The number of likely N-dealkylation sites (tertiary alicyclic amines) is 1. The molecule has 1 aromatic carbocycles. The van der Waals surface area contributed by atoms with Crippen molar-refractivity contribution in [3.05, 3.63) is 71.8 Å². The quantitative estimate of drug-likeness (QED) is 0.428. The van der Waals surface area contributed by atoms with Crippen molar-refractivity contribution >= 4 is 21.9 Å². The van der Waals surface area contributed by atoms with Gasteiger partial charge in [-0.15, -0.1) is 0 Å². The molecule has 5 aromatic rings. The third kappa shape index (κ3) is 3.29. The van der Waals surface area contributed by atoms with E-state index in [-0.39, 0.29) is 5.56 Å². The second-order valence-electron chi connectivity index (χ2n) is 8.17. The van der Waals surface area contributed by atoms with Gasteiger partial charge in [0.2, 0.25) is 0 Å². The highest BCUT2D eigenvalue weighted by Gasteiger charge is 2.14. The van der Waals surface area contributed by atoms with Gasteiger partial charge in [-0.05, 0) is 56.3 Å². The van der Waals surface area contributed by atoms with Crippen molar-refractivity contribution in [1.29, 1.82) is 0 Å². The van der Waals surface area contributed by atoms with Gasteiger partial charge in [-0.1, -0.05) is 0 Å². The van der Waals surface area contributed by atoms with E-state index >= 15 is 0 Å². The zero-order chi connectivity index (χ0) is 21.5. The highest BCUT2D eigenvalue weighted by Crippen LogP contribution is 2.26. The first-order valence-corrected chi connectivity index (χ1v) is 10.9. The Kier molecular flexibility index (Phi) is 4.57. The molecule has 8 nitrogen and oxygen atoms in total. The number of rotatable bonds is 5.